The van der Waals surface area contributed by atoms with Crippen molar-refractivity contribution in [3.8, 4) is 0 Å². The third kappa shape index (κ3) is 10.4. The van der Waals surface area contributed by atoms with Crippen molar-refractivity contribution in [3.05, 3.63) is 23.9 Å². The molecule has 31 heavy (non-hydrogen) atoms. The first-order valence-corrected chi connectivity index (χ1v) is 10.7. The van der Waals surface area contributed by atoms with Crippen LogP contribution < -0.4 is 20.9 Å². The highest BCUT2D eigenvalue weighted by atomic mass is 127. The topological polar surface area (TPSA) is 90.9 Å². The average molecular weight is 546 g/mol. The molecule has 1 aliphatic rings. The summed E-state index contributed by atoms with van der Waals surface area (Å²) >= 11 is 0. The molecule has 1 amide bonds. The maximum atomic E-state index is 12.0. The molecule has 1 aromatic heterocycles. The minimum absolute atomic E-state index is 0. The van der Waals surface area contributed by atoms with Crippen LogP contribution in [0.4, 0.5) is 10.6 Å². The molecule has 1 aromatic rings. The minimum Gasteiger partial charge on any atom is -0.444 e. The van der Waals surface area contributed by atoms with Crippen LogP contribution in [0.3, 0.4) is 0 Å². The zero-order valence-corrected chi connectivity index (χ0v) is 22.1. The van der Waals surface area contributed by atoms with Crippen molar-refractivity contribution in [1.82, 2.24) is 20.9 Å². The zero-order chi connectivity index (χ0) is 22.2. The maximum absolute atomic E-state index is 12.0. The van der Waals surface area contributed by atoms with E-state index in [0.29, 0.717) is 19.0 Å². The molecule has 3 N–H and O–H groups in total. The van der Waals surface area contributed by atoms with Crippen molar-refractivity contribution in [2.45, 2.75) is 71.6 Å². The Morgan fingerprint density at radius 1 is 1.16 bits per heavy atom. The van der Waals surface area contributed by atoms with Gasteiger partial charge in [-0.05, 0) is 71.6 Å². The van der Waals surface area contributed by atoms with Gasteiger partial charge in [0.2, 0.25) is 0 Å². The smallest absolute Gasteiger partial charge is 0.408 e. The molecule has 9 heteroatoms. The molecule has 2 heterocycles. The number of alkyl carbamates (subject to hydrolysis) is 1. The van der Waals surface area contributed by atoms with E-state index in [1.807, 2.05) is 46.9 Å². The molecule has 2 rings (SSSR count). The standard InChI is InChI=1S/C22H38N6O2.HI/c1-21(2,3)30-20(29)27-22(4,5)16-26-19(23-6)25-15-17-10-11-24-18(14-17)28-12-8-7-9-13-28;/h10-11,14H,7-9,12-13,15-16H2,1-6H3,(H,27,29)(H2,23,25,26);1H. The highest BCUT2D eigenvalue weighted by Gasteiger charge is 2.24. The van der Waals surface area contributed by atoms with Crippen molar-refractivity contribution in [1.29, 1.82) is 0 Å². The SMILES string of the molecule is CN=C(NCc1ccnc(N2CCCCC2)c1)NCC(C)(C)NC(=O)OC(C)(C)C.I. The van der Waals surface area contributed by atoms with Gasteiger partial charge in [0, 0.05) is 39.4 Å². The summed E-state index contributed by atoms with van der Waals surface area (Å²) in [4.78, 5) is 23.2. The summed E-state index contributed by atoms with van der Waals surface area (Å²) in [6.07, 6.45) is 5.20. The fraction of sp³-hybridized carbons (Fsp3) is 0.682. The van der Waals surface area contributed by atoms with Gasteiger partial charge in [0.15, 0.2) is 5.96 Å². The summed E-state index contributed by atoms with van der Waals surface area (Å²) < 4.78 is 5.34. The molecular weight excluding hydrogens is 507 g/mol. The number of nitrogens with one attached hydrogen (secondary N) is 3. The second-order valence-corrected chi connectivity index (χ2v) is 9.36. The van der Waals surface area contributed by atoms with Gasteiger partial charge in [-0.2, -0.15) is 0 Å². The number of nitrogens with zero attached hydrogens (tertiary/aromatic N) is 3. The monoisotopic (exact) mass is 546 g/mol. The molecule has 8 nitrogen and oxygen atoms in total. The maximum Gasteiger partial charge on any atom is 0.408 e. The molecule has 1 aliphatic heterocycles. The molecule has 1 fully saturated rings. The van der Waals surface area contributed by atoms with E-state index in [1.54, 1.807) is 7.05 Å². The number of carbonyl (C=O) groups is 1. The van der Waals surface area contributed by atoms with E-state index in [4.69, 9.17) is 4.74 Å². The number of halogens is 1. The number of pyridine rings is 1. The number of piperidine rings is 1. The lowest BCUT2D eigenvalue weighted by atomic mass is 10.1. The quantitative estimate of drug-likeness (QED) is 0.287. The fourth-order valence-electron chi connectivity index (χ4n) is 3.20. The van der Waals surface area contributed by atoms with Crippen LogP contribution in [0.1, 0.15) is 59.4 Å². The summed E-state index contributed by atoms with van der Waals surface area (Å²) in [5, 5.41) is 9.49. The van der Waals surface area contributed by atoms with E-state index >= 15 is 0 Å². The number of hydrogen-bond donors (Lipinski definition) is 3. The zero-order valence-electron chi connectivity index (χ0n) is 19.7. The lowest BCUT2D eigenvalue weighted by molar-refractivity contribution is 0.0474. The molecule has 0 aromatic carbocycles. The van der Waals surface area contributed by atoms with Gasteiger partial charge in [0.1, 0.15) is 11.4 Å². The third-order valence-corrected chi connectivity index (χ3v) is 4.71. The lowest BCUT2D eigenvalue weighted by Crippen LogP contribution is -2.54. The number of rotatable bonds is 6. The molecule has 176 valence electrons. The van der Waals surface area contributed by atoms with Crippen molar-refractivity contribution in [3.63, 3.8) is 0 Å². The van der Waals surface area contributed by atoms with Gasteiger partial charge in [-0.25, -0.2) is 9.78 Å². The predicted octanol–water partition coefficient (Wildman–Crippen LogP) is 3.66. The molecule has 0 unspecified atom stereocenters. The number of aliphatic imine (C=N–C) groups is 1. The number of ether oxygens (including phenoxy) is 1. The normalized spacial score (nSPS) is 15.0. The number of anilines is 1. The minimum atomic E-state index is -0.525. The van der Waals surface area contributed by atoms with Crippen LogP contribution in [0.15, 0.2) is 23.3 Å². The van der Waals surface area contributed by atoms with Crippen LogP contribution in [0.25, 0.3) is 0 Å². The second kappa shape index (κ2) is 12.3. The Morgan fingerprint density at radius 3 is 2.45 bits per heavy atom. The number of hydrogen-bond acceptors (Lipinski definition) is 5. The Bertz CT molecular complexity index is 727. The van der Waals surface area contributed by atoms with Gasteiger partial charge < -0.3 is 25.6 Å². The van der Waals surface area contributed by atoms with E-state index in [-0.39, 0.29) is 24.0 Å². The molecule has 0 atom stereocenters. The molecule has 1 saturated heterocycles. The van der Waals surface area contributed by atoms with E-state index in [0.717, 1.165) is 24.5 Å². The largest absolute Gasteiger partial charge is 0.444 e. The second-order valence-electron chi connectivity index (χ2n) is 9.36. The first-order chi connectivity index (χ1) is 14.1. The first kappa shape index (κ1) is 27.3. The number of guanidine groups is 1. The highest BCUT2D eigenvalue weighted by molar-refractivity contribution is 14.0. The Balaban J connectivity index is 0.00000480. The number of carbonyl (C=O) groups excluding carboxylic acids is 1. The van der Waals surface area contributed by atoms with Gasteiger partial charge in [0.05, 0.1) is 5.54 Å². The van der Waals surface area contributed by atoms with Gasteiger partial charge in [-0.1, -0.05) is 0 Å². The van der Waals surface area contributed by atoms with Gasteiger partial charge >= 0.3 is 6.09 Å². The summed E-state index contributed by atoms with van der Waals surface area (Å²) in [5.41, 5.74) is 0.126. The molecule has 0 spiro atoms. The Labute approximate surface area is 204 Å². The van der Waals surface area contributed by atoms with E-state index in [1.165, 1.54) is 19.3 Å². The van der Waals surface area contributed by atoms with Gasteiger partial charge in [0.25, 0.3) is 0 Å². The van der Waals surface area contributed by atoms with Crippen molar-refractivity contribution in [2.75, 3.05) is 31.6 Å². The van der Waals surface area contributed by atoms with Crippen LogP contribution in [0, 0.1) is 0 Å². The summed E-state index contributed by atoms with van der Waals surface area (Å²) in [5.74, 6) is 1.71. The molecule has 0 aliphatic carbocycles. The Hall–Kier alpha value is -1.78. The summed E-state index contributed by atoms with van der Waals surface area (Å²) in [6, 6.07) is 4.15. The molecular formula is C22H39IN6O2. The van der Waals surface area contributed by atoms with Crippen molar-refractivity contribution >= 4 is 41.8 Å². The van der Waals surface area contributed by atoms with Gasteiger partial charge in [-0.15, -0.1) is 24.0 Å². The van der Waals surface area contributed by atoms with Crippen LogP contribution in [-0.4, -0.2) is 54.9 Å². The lowest BCUT2D eigenvalue weighted by Gasteiger charge is -2.29. The fourth-order valence-corrected chi connectivity index (χ4v) is 3.20. The Morgan fingerprint density at radius 2 is 1.84 bits per heavy atom. The number of amides is 1. The number of aromatic nitrogens is 1. The van der Waals surface area contributed by atoms with E-state index in [9.17, 15) is 4.79 Å². The molecule has 0 bridgehead atoms. The Kier molecular flexibility index (Phi) is 10.8. The van der Waals surface area contributed by atoms with Crippen LogP contribution in [0.2, 0.25) is 0 Å². The van der Waals surface area contributed by atoms with Crippen LogP contribution in [0.5, 0.6) is 0 Å². The van der Waals surface area contributed by atoms with Crippen LogP contribution in [-0.2, 0) is 11.3 Å². The van der Waals surface area contributed by atoms with Crippen LogP contribution >= 0.6 is 24.0 Å². The average Bonchev–Trinajstić information content (AvgIpc) is 2.67. The molecule has 0 radical (unpaired) electrons. The predicted molar refractivity (Wildman–Crippen MR) is 137 cm³/mol. The highest BCUT2D eigenvalue weighted by Crippen LogP contribution is 2.18. The van der Waals surface area contributed by atoms with Crippen molar-refractivity contribution in [2.24, 2.45) is 4.99 Å². The third-order valence-electron chi connectivity index (χ3n) is 4.71. The first-order valence-electron chi connectivity index (χ1n) is 10.7. The molecule has 0 saturated carbocycles. The van der Waals surface area contributed by atoms with E-state index in [2.05, 4.69) is 36.9 Å². The summed E-state index contributed by atoms with van der Waals surface area (Å²) in [7, 11) is 1.73. The van der Waals surface area contributed by atoms with Gasteiger partial charge in [-0.3, -0.25) is 4.99 Å². The van der Waals surface area contributed by atoms with Crippen molar-refractivity contribution < 1.29 is 9.53 Å². The summed E-state index contributed by atoms with van der Waals surface area (Å²) in [6.45, 7) is 12.7. The van der Waals surface area contributed by atoms with E-state index < -0.39 is 17.2 Å².